The third-order valence-corrected chi connectivity index (χ3v) is 5.35. The summed E-state index contributed by atoms with van der Waals surface area (Å²) >= 11 is 0. The molecule has 6 heteroatoms. The maximum absolute atomic E-state index is 12.2. The van der Waals surface area contributed by atoms with Gasteiger partial charge in [0, 0.05) is 17.3 Å². The summed E-state index contributed by atoms with van der Waals surface area (Å²) in [5, 5.41) is 4.10. The van der Waals surface area contributed by atoms with E-state index in [9.17, 15) is 13.2 Å². The first-order valence-electron chi connectivity index (χ1n) is 8.60. The van der Waals surface area contributed by atoms with Crippen LogP contribution in [0.1, 0.15) is 35.7 Å². The van der Waals surface area contributed by atoms with Crippen molar-refractivity contribution >= 4 is 27.7 Å². The number of amides is 1. The van der Waals surface area contributed by atoms with Crippen molar-refractivity contribution in [2.45, 2.75) is 25.8 Å². The second-order valence-corrected chi connectivity index (χ2v) is 8.10. The molecule has 1 fully saturated rings. The van der Waals surface area contributed by atoms with E-state index in [-0.39, 0.29) is 11.9 Å². The highest BCUT2D eigenvalue weighted by Crippen LogP contribution is 2.32. The molecule has 1 saturated carbocycles. The van der Waals surface area contributed by atoms with E-state index in [2.05, 4.69) is 10.0 Å². The fourth-order valence-corrected chi connectivity index (χ4v) is 3.49. The van der Waals surface area contributed by atoms with Crippen LogP contribution in [0.4, 0.5) is 5.69 Å². The molecule has 2 aromatic rings. The molecule has 3 rings (SSSR count). The Balaban J connectivity index is 1.61. The van der Waals surface area contributed by atoms with Crippen LogP contribution in [0.5, 0.6) is 0 Å². The average molecular weight is 370 g/mol. The SMILES string of the molecule is CC(NC(=O)c1ccc(NS(=O)(=O)/C=C/c2ccccc2)cc1)C1CC1. The average Bonchev–Trinajstić information content (AvgIpc) is 3.46. The third-order valence-electron chi connectivity index (χ3n) is 4.33. The zero-order chi connectivity index (χ0) is 18.6. The molecule has 0 heterocycles. The van der Waals surface area contributed by atoms with Gasteiger partial charge < -0.3 is 5.32 Å². The molecule has 0 aliphatic heterocycles. The zero-order valence-electron chi connectivity index (χ0n) is 14.6. The molecule has 1 aliphatic rings. The van der Waals surface area contributed by atoms with Gasteiger partial charge in [-0.1, -0.05) is 30.3 Å². The molecule has 1 aliphatic carbocycles. The summed E-state index contributed by atoms with van der Waals surface area (Å²) in [5.74, 6) is 0.448. The van der Waals surface area contributed by atoms with Crippen LogP contribution in [0.3, 0.4) is 0 Å². The molecular formula is C20H22N2O3S. The summed E-state index contributed by atoms with van der Waals surface area (Å²) in [6.07, 6.45) is 3.86. The largest absolute Gasteiger partial charge is 0.349 e. The number of carbonyl (C=O) groups is 1. The van der Waals surface area contributed by atoms with Gasteiger partial charge >= 0.3 is 0 Å². The number of benzene rings is 2. The number of carbonyl (C=O) groups excluding carboxylic acids is 1. The normalized spacial score (nSPS) is 15.6. The summed E-state index contributed by atoms with van der Waals surface area (Å²) < 4.78 is 26.8. The predicted molar refractivity (Wildman–Crippen MR) is 104 cm³/mol. The smallest absolute Gasteiger partial charge is 0.255 e. The third kappa shape index (κ3) is 5.20. The first-order valence-corrected chi connectivity index (χ1v) is 10.1. The van der Waals surface area contributed by atoms with Gasteiger partial charge in [0.1, 0.15) is 0 Å². The molecule has 0 aromatic heterocycles. The molecule has 0 saturated heterocycles. The minimum absolute atomic E-state index is 0.136. The molecule has 0 spiro atoms. The van der Waals surface area contributed by atoms with E-state index in [4.69, 9.17) is 0 Å². The molecule has 26 heavy (non-hydrogen) atoms. The Morgan fingerprint density at radius 2 is 1.73 bits per heavy atom. The van der Waals surface area contributed by atoms with Crippen molar-refractivity contribution in [2.75, 3.05) is 4.72 Å². The van der Waals surface area contributed by atoms with Crippen LogP contribution in [-0.4, -0.2) is 20.4 Å². The topological polar surface area (TPSA) is 75.3 Å². The van der Waals surface area contributed by atoms with E-state index < -0.39 is 10.0 Å². The molecule has 0 bridgehead atoms. The van der Waals surface area contributed by atoms with Gasteiger partial charge in [-0.15, -0.1) is 0 Å². The van der Waals surface area contributed by atoms with E-state index >= 15 is 0 Å². The summed E-state index contributed by atoms with van der Waals surface area (Å²) in [6.45, 7) is 2.01. The van der Waals surface area contributed by atoms with Gasteiger partial charge in [0.2, 0.25) is 0 Å². The molecule has 136 valence electrons. The van der Waals surface area contributed by atoms with Gasteiger partial charge in [-0.25, -0.2) is 8.42 Å². The monoisotopic (exact) mass is 370 g/mol. The highest BCUT2D eigenvalue weighted by Gasteiger charge is 2.29. The fourth-order valence-electron chi connectivity index (χ4n) is 2.62. The van der Waals surface area contributed by atoms with Crippen LogP contribution < -0.4 is 10.0 Å². The van der Waals surface area contributed by atoms with Gasteiger partial charge in [0.25, 0.3) is 15.9 Å². The Bertz CT molecular complexity index is 886. The van der Waals surface area contributed by atoms with Crippen LogP contribution in [-0.2, 0) is 10.0 Å². The van der Waals surface area contributed by atoms with Crippen LogP contribution in [0.25, 0.3) is 6.08 Å². The maximum Gasteiger partial charge on any atom is 0.255 e. The number of sulfonamides is 1. The summed E-state index contributed by atoms with van der Waals surface area (Å²) in [7, 11) is -3.62. The minimum atomic E-state index is -3.62. The van der Waals surface area contributed by atoms with E-state index in [0.717, 1.165) is 11.0 Å². The Morgan fingerprint density at radius 3 is 2.35 bits per heavy atom. The standard InChI is InChI=1S/C20H22N2O3S/c1-15(17-7-8-17)21-20(23)18-9-11-19(12-10-18)22-26(24,25)14-13-16-5-3-2-4-6-16/h2-6,9-15,17,22H,7-8H2,1H3,(H,21,23)/b14-13+. The number of rotatable bonds is 7. The van der Waals surface area contributed by atoms with Gasteiger partial charge in [-0.05, 0) is 61.6 Å². The fraction of sp³-hybridized carbons (Fsp3) is 0.250. The quantitative estimate of drug-likeness (QED) is 0.781. The minimum Gasteiger partial charge on any atom is -0.349 e. The molecule has 1 unspecified atom stereocenters. The number of hydrogen-bond acceptors (Lipinski definition) is 3. The molecular weight excluding hydrogens is 348 g/mol. The van der Waals surface area contributed by atoms with Gasteiger partial charge in [-0.2, -0.15) is 0 Å². The van der Waals surface area contributed by atoms with Crippen molar-refractivity contribution in [2.24, 2.45) is 5.92 Å². The number of nitrogens with one attached hydrogen (secondary N) is 2. The van der Waals surface area contributed by atoms with Gasteiger partial charge in [0.15, 0.2) is 0 Å². The molecule has 5 nitrogen and oxygen atoms in total. The van der Waals surface area contributed by atoms with Gasteiger partial charge in [-0.3, -0.25) is 9.52 Å². The van der Waals surface area contributed by atoms with Crippen LogP contribution in [0.2, 0.25) is 0 Å². The lowest BCUT2D eigenvalue weighted by Crippen LogP contribution is -2.33. The number of hydrogen-bond donors (Lipinski definition) is 2. The first-order chi connectivity index (χ1) is 12.4. The number of anilines is 1. The van der Waals surface area contributed by atoms with Crippen molar-refractivity contribution in [1.29, 1.82) is 0 Å². The van der Waals surface area contributed by atoms with Crippen molar-refractivity contribution in [3.63, 3.8) is 0 Å². The van der Waals surface area contributed by atoms with Crippen molar-refractivity contribution in [3.05, 3.63) is 71.1 Å². The molecule has 0 radical (unpaired) electrons. The Kier molecular flexibility index (Phi) is 5.42. The predicted octanol–water partition coefficient (Wildman–Crippen LogP) is 3.63. The zero-order valence-corrected chi connectivity index (χ0v) is 15.4. The second kappa shape index (κ2) is 7.74. The Labute approximate surface area is 154 Å². The highest BCUT2D eigenvalue weighted by molar-refractivity contribution is 7.95. The Hall–Kier alpha value is -2.60. The van der Waals surface area contributed by atoms with Crippen molar-refractivity contribution in [3.8, 4) is 0 Å². The lowest BCUT2D eigenvalue weighted by Gasteiger charge is -2.13. The molecule has 1 atom stereocenters. The van der Waals surface area contributed by atoms with Crippen LogP contribution in [0.15, 0.2) is 60.0 Å². The first kappa shape index (κ1) is 18.2. The van der Waals surface area contributed by atoms with E-state index in [1.807, 2.05) is 37.3 Å². The highest BCUT2D eigenvalue weighted by atomic mass is 32.2. The van der Waals surface area contributed by atoms with E-state index in [1.54, 1.807) is 24.3 Å². The van der Waals surface area contributed by atoms with E-state index in [0.29, 0.717) is 17.2 Å². The lowest BCUT2D eigenvalue weighted by atomic mass is 10.1. The molecule has 2 N–H and O–H groups in total. The molecule has 1 amide bonds. The van der Waals surface area contributed by atoms with Gasteiger partial charge in [0.05, 0.1) is 5.41 Å². The van der Waals surface area contributed by atoms with Crippen LogP contribution >= 0.6 is 0 Å². The summed E-state index contributed by atoms with van der Waals surface area (Å²) in [4.78, 5) is 12.2. The maximum atomic E-state index is 12.2. The van der Waals surface area contributed by atoms with E-state index in [1.165, 1.54) is 18.9 Å². The summed E-state index contributed by atoms with van der Waals surface area (Å²) in [6, 6.07) is 15.8. The lowest BCUT2D eigenvalue weighted by molar-refractivity contribution is 0.0936. The summed E-state index contributed by atoms with van der Waals surface area (Å²) in [5.41, 5.74) is 1.73. The van der Waals surface area contributed by atoms with Crippen LogP contribution in [0, 0.1) is 5.92 Å². The second-order valence-electron chi connectivity index (χ2n) is 6.54. The molecule has 2 aromatic carbocycles. The van der Waals surface area contributed by atoms with Crippen molar-refractivity contribution < 1.29 is 13.2 Å². The van der Waals surface area contributed by atoms with Crippen molar-refractivity contribution in [1.82, 2.24) is 5.32 Å². The Morgan fingerprint density at radius 1 is 1.08 bits per heavy atom.